The molecule has 3 rings (SSSR count). The Hall–Kier alpha value is -2.05. The third-order valence-electron chi connectivity index (χ3n) is 5.34. The van der Waals surface area contributed by atoms with Crippen molar-refractivity contribution in [3.63, 3.8) is 0 Å². The molecular weight excluding hydrogens is 523 g/mol. The van der Waals surface area contributed by atoms with Crippen LogP contribution in [0.4, 0.5) is 11.8 Å². The van der Waals surface area contributed by atoms with Crippen LogP contribution in [-0.2, 0) is 15.7 Å². The number of anilines is 2. The molecule has 1 saturated heterocycles. The van der Waals surface area contributed by atoms with E-state index in [9.17, 15) is 4.79 Å². The first kappa shape index (κ1) is 24.6. The van der Waals surface area contributed by atoms with E-state index in [0.717, 1.165) is 47.4 Å². The first-order valence-corrected chi connectivity index (χ1v) is 12.5. The van der Waals surface area contributed by atoms with Gasteiger partial charge in [0, 0.05) is 48.9 Å². The van der Waals surface area contributed by atoms with Crippen LogP contribution in [0.1, 0.15) is 41.4 Å². The van der Waals surface area contributed by atoms with Gasteiger partial charge >= 0.3 is 0 Å². The van der Waals surface area contributed by atoms with Gasteiger partial charge in [0.2, 0.25) is 5.95 Å². The van der Waals surface area contributed by atoms with Crippen molar-refractivity contribution >= 4 is 40.3 Å². The van der Waals surface area contributed by atoms with Crippen molar-refractivity contribution in [1.82, 2.24) is 14.9 Å². The molecule has 2 heterocycles. The van der Waals surface area contributed by atoms with E-state index in [-0.39, 0.29) is 11.9 Å². The second-order valence-electron chi connectivity index (χ2n) is 7.60. The number of aromatic nitrogens is 2. The van der Waals surface area contributed by atoms with Gasteiger partial charge in [-0.15, -0.1) is 0 Å². The highest BCUT2D eigenvalue weighted by Crippen LogP contribution is 2.27. The van der Waals surface area contributed by atoms with Gasteiger partial charge in [-0.1, -0.05) is 28.7 Å². The highest BCUT2D eigenvalue weighted by atomic mass is 127. The lowest BCUT2D eigenvalue weighted by molar-refractivity contribution is 0.0901. The van der Waals surface area contributed by atoms with E-state index in [1.54, 1.807) is 7.11 Å². The molecule has 1 amide bonds. The standard InChI is InChI=1S/C22H33IN6O3/c1-3-25-21(30)19-20(26-9-8-24)28-22(27-17-6-10-32-11-7-17)29(19)14-15-4-5-18(31-2)16(12-15)13-23/h4-5,12,17,26H,3,6-11,13-14,24H2,1-2H3,(H,25,30)(H,27,28). The van der Waals surface area contributed by atoms with Gasteiger partial charge in [0.05, 0.1) is 13.7 Å². The number of nitrogens with zero attached hydrogens (tertiary/aromatic N) is 2. The Balaban J connectivity index is 2.02. The number of alkyl halides is 1. The van der Waals surface area contributed by atoms with Gasteiger partial charge in [-0.2, -0.15) is 4.98 Å². The highest BCUT2D eigenvalue weighted by molar-refractivity contribution is 14.1. The van der Waals surface area contributed by atoms with Crippen LogP contribution in [0.15, 0.2) is 18.2 Å². The average Bonchev–Trinajstić information content (AvgIpc) is 3.14. The van der Waals surface area contributed by atoms with Gasteiger partial charge in [0.25, 0.3) is 5.91 Å². The van der Waals surface area contributed by atoms with E-state index in [2.05, 4.69) is 44.6 Å². The van der Waals surface area contributed by atoms with Crippen LogP contribution in [0.3, 0.4) is 0 Å². The van der Waals surface area contributed by atoms with E-state index >= 15 is 0 Å². The number of carbonyl (C=O) groups excluding carboxylic acids is 1. The van der Waals surface area contributed by atoms with Gasteiger partial charge in [0.1, 0.15) is 5.75 Å². The molecule has 0 aliphatic carbocycles. The third-order valence-corrected chi connectivity index (χ3v) is 6.16. The first-order valence-electron chi connectivity index (χ1n) is 11.0. The molecule has 0 unspecified atom stereocenters. The van der Waals surface area contributed by atoms with E-state index in [0.29, 0.717) is 43.6 Å². The molecule has 9 nitrogen and oxygen atoms in total. The minimum atomic E-state index is -0.165. The van der Waals surface area contributed by atoms with Gasteiger partial charge < -0.3 is 31.2 Å². The van der Waals surface area contributed by atoms with E-state index in [1.165, 1.54) is 0 Å². The van der Waals surface area contributed by atoms with E-state index < -0.39 is 0 Å². The summed E-state index contributed by atoms with van der Waals surface area (Å²) in [6, 6.07) is 6.37. The number of methoxy groups -OCH3 is 1. The SMILES string of the molecule is CCNC(=O)c1c(NCCN)nc(NC2CCOCC2)n1Cc1ccc(OC)c(CI)c1. The zero-order valence-corrected chi connectivity index (χ0v) is 20.9. The lowest BCUT2D eigenvalue weighted by Crippen LogP contribution is -2.30. The van der Waals surface area contributed by atoms with Gasteiger partial charge in [-0.25, -0.2) is 0 Å². The number of hydrogen-bond donors (Lipinski definition) is 4. The maximum absolute atomic E-state index is 13.1. The van der Waals surface area contributed by atoms with Gasteiger partial charge in [-0.05, 0) is 37.5 Å². The Kier molecular flexibility index (Phi) is 9.42. The fraction of sp³-hybridized carbons (Fsp3) is 0.545. The van der Waals surface area contributed by atoms with Crippen LogP contribution in [0.2, 0.25) is 0 Å². The zero-order valence-electron chi connectivity index (χ0n) is 18.7. The van der Waals surface area contributed by atoms with Gasteiger partial charge in [-0.3, -0.25) is 9.36 Å². The van der Waals surface area contributed by atoms with Crippen molar-refractivity contribution in [2.45, 2.75) is 36.8 Å². The molecule has 1 aliphatic heterocycles. The molecule has 1 fully saturated rings. The van der Waals surface area contributed by atoms with Crippen LogP contribution in [0, 0.1) is 0 Å². The molecule has 0 saturated carbocycles. The molecule has 2 aromatic rings. The van der Waals surface area contributed by atoms with Crippen LogP contribution in [0.25, 0.3) is 0 Å². The predicted octanol–water partition coefficient (Wildman–Crippen LogP) is 2.59. The molecule has 176 valence electrons. The van der Waals surface area contributed by atoms with Crippen molar-refractivity contribution in [2.24, 2.45) is 5.73 Å². The number of nitrogens with two attached hydrogens (primary N) is 1. The van der Waals surface area contributed by atoms with Crippen molar-refractivity contribution in [1.29, 1.82) is 0 Å². The summed E-state index contributed by atoms with van der Waals surface area (Å²) in [4.78, 5) is 17.8. The zero-order chi connectivity index (χ0) is 22.9. The second kappa shape index (κ2) is 12.3. The fourth-order valence-corrected chi connectivity index (χ4v) is 4.34. The quantitative estimate of drug-likeness (QED) is 0.249. The summed E-state index contributed by atoms with van der Waals surface area (Å²) in [5.74, 6) is 1.91. The lowest BCUT2D eigenvalue weighted by atomic mass is 10.1. The summed E-state index contributed by atoms with van der Waals surface area (Å²) in [7, 11) is 1.68. The fourth-order valence-electron chi connectivity index (χ4n) is 3.75. The molecule has 1 aliphatic rings. The normalized spacial score (nSPS) is 14.2. The number of carbonyl (C=O) groups is 1. The van der Waals surface area contributed by atoms with Crippen molar-refractivity contribution in [3.05, 3.63) is 35.0 Å². The van der Waals surface area contributed by atoms with Crippen molar-refractivity contribution in [3.8, 4) is 5.75 Å². The van der Waals surface area contributed by atoms with Crippen molar-refractivity contribution in [2.75, 3.05) is 50.6 Å². The Morgan fingerprint density at radius 1 is 1.38 bits per heavy atom. The summed E-state index contributed by atoms with van der Waals surface area (Å²) >= 11 is 2.33. The number of ether oxygens (including phenoxy) is 2. The molecule has 5 N–H and O–H groups in total. The summed E-state index contributed by atoms with van der Waals surface area (Å²) < 4.78 is 13.8. The Bertz CT molecular complexity index is 898. The monoisotopic (exact) mass is 556 g/mol. The first-order chi connectivity index (χ1) is 15.6. The van der Waals surface area contributed by atoms with Crippen LogP contribution in [-0.4, -0.2) is 61.5 Å². The number of halogens is 1. The van der Waals surface area contributed by atoms with E-state index in [4.69, 9.17) is 20.2 Å². The number of benzene rings is 1. The minimum Gasteiger partial charge on any atom is -0.496 e. The van der Waals surface area contributed by atoms with Gasteiger partial charge in [0.15, 0.2) is 11.5 Å². The van der Waals surface area contributed by atoms with Crippen LogP contribution in [0.5, 0.6) is 5.75 Å². The maximum atomic E-state index is 13.1. The van der Waals surface area contributed by atoms with Crippen molar-refractivity contribution < 1.29 is 14.3 Å². The second-order valence-corrected chi connectivity index (χ2v) is 8.37. The molecule has 10 heteroatoms. The lowest BCUT2D eigenvalue weighted by Gasteiger charge is -2.24. The van der Waals surface area contributed by atoms with E-state index in [1.807, 2.05) is 23.6 Å². The van der Waals surface area contributed by atoms with Crippen LogP contribution >= 0.6 is 22.6 Å². The number of rotatable bonds is 11. The maximum Gasteiger partial charge on any atom is 0.271 e. The predicted molar refractivity (Wildman–Crippen MR) is 135 cm³/mol. The number of nitrogens with one attached hydrogen (secondary N) is 3. The smallest absolute Gasteiger partial charge is 0.271 e. The summed E-state index contributed by atoms with van der Waals surface area (Å²) in [6.07, 6.45) is 1.80. The summed E-state index contributed by atoms with van der Waals surface area (Å²) in [5, 5.41) is 9.70. The largest absolute Gasteiger partial charge is 0.496 e. The number of hydrogen-bond acceptors (Lipinski definition) is 7. The number of imidazole rings is 1. The Morgan fingerprint density at radius 2 is 2.16 bits per heavy atom. The third kappa shape index (κ3) is 6.04. The molecule has 1 aromatic carbocycles. The molecule has 0 bridgehead atoms. The molecule has 0 radical (unpaired) electrons. The molecular formula is C22H33IN6O3. The Morgan fingerprint density at radius 3 is 2.81 bits per heavy atom. The average molecular weight is 556 g/mol. The summed E-state index contributed by atoms with van der Waals surface area (Å²) in [6.45, 7) is 5.36. The Labute approximate surface area is 203 Å². The van der Waals surface area contributed by atoms with Crippen LogP contribution < -0.4 is 26.4 Å². The molecule has 0 spiro atoms. The highest BCUT2D eigenvalue weighted by Gasteiger charge is 2.25. The topological polar surface area (TPSA) is 115 Å². The summed E-state index contributed by atoms with van der Waals surface area (Å²) in [5.41, 5.74) is 8.39. The number of amides is 1. The molecule has 32 heavy (non-hydrogen) atoms. The minimum absolute atomic E-state index is 0.165. The molecule has 1 aromatic heterocycles. The molecule has 0 atom stereocenters.